The Morgan fingerprint density at radius 2 is 2.25 bits per heavy atom. The highest BCUT2D eigenvalue weighted by atomic mass is 19.1. The molecule has 1 radical (unpaired) electrons. The predicted octanol–water partition coefficient (Wildman–Crippen LogP) is 2.58. The third-order valence-corrected chi connectivity index (χ3v) is 1.59. The largest absolute Gasteiger partial charge is 0.232 e. The maximum absolute atomic E-state index is 12.7. The summed E-state index contributed by atoms with van der Waals surface area (Å²) in [6.07, 6.45) is 3.20. The van der Waals surface area contributed by atoms with E-state index in [-0.39, 0.29) is 12.4 Å². The Labute approximate surface area is 71.2 Å². The van der Waals surface area contributed by atoms with Crippen LogP contribution in [-0.4, -0.2) is 6.61 Å². The van der Waals surface area contributed by atoms with E-state index < -0.39 is 0 Å². The van der Waals surface area contributed by atoms with Crippen molar-refractivity contribution in [1.29, 1.82) is 0 Å². The molecule has 1 nitrogen and oxygen atoms in total. The summed E-state index contributed by atoms with van der Waals surface area (Å²) < 4.78 is 12.7. The van der Waals surface area contributed by atoms with Gasteiger partial charge in [0.25, 0.3) is 0 Å². The number of hydrogen-bond acceptors (Lipinski definition) is 0. The molecule has 0 N–H and O–H groups in total. The number of rotatable bonds is 2. The SMILES string of the molecule is Cc1cc(C=CC[O])ccc1F. The Bertz CT molecular complexity index is 292. The molecule has 0 aliphatic carbocycles. The van der Waals surface area contributed by atoms with Crippen molar-refractivity contribution >= 4 is 6.08 Å². The quantitative estimate of drug-likeness (QED) is 0.641. The fourth-order valence-electron chi connectivity index (χ4n) is 0.956. The second-order valence-electron chi connectivity index (χ2n) is 2.58. The van der Waals surface area contributed by atoms with Crippen LogP contribution in [0.3, 0.4) is 0 Å². The summed E-state index contributed by atoms with van der Waals surface area (Å²) >= 11 is 0. The van der Waals surface area contributed by atoms with E-state index in [1.165, 1.54) is 12.1 Å². The minimum absolute atomic E-state index is 0.214. The van der Waals surface area contributed by atoms with Crippen molar-refractivity contribution in [3.63, 3.8) is 0 Å². The first kappa shape index (κ1) is 8.94. The van der Waals surface area contributed by atoms with E-state index in [4.69, 9.17) is 0 Å². The minimum Gasteiger partial charge on any atom is -0.232 e. The first-order chi connectivity index (χ1) is 5.74. The molecule has 0 aliphatic heterocycles. The molecule has 0 atom stereocenters. The van der Waals surface area contributed by atoms with Crippen molar-refractivity contribution in [2.45, 2.75) is 6.92 Å². The van der Waals surface area contributed by atoms with Gasteiger partial charge in [0.05, 0.1) is 0 Å². The van der Waals surface area contributed by atoms with Crippen LogP contribution in [0, 0.1) is 12.7 Å². The van der Waals surface area contributed by atoms with E-state index in [0.29, 0.717) is 5.56 Å². The van der Waals surface area contributed by atoms with Gasteiger partial charge >= 0.3 is 0 Å². The average molecular weight is 165 g/mol. The lowest BCUT2D eigenvalue weighted by molar-refractivity contribution is 0.233. The minimum atomic E-state index is -0.240. The summed E-state index contributed by atoms with van der Waals surface area (Å²) in [5.74, 6) is -0.214. The normalized spacial score (nSPS) is 10.9. The molecular weight excluding hydrogens is 155 g/mol. The third kappa shape index (κ3) is 2.17. The molecule has 0 amide bonds. The van der Waals surface area contributed by atoms with E-state index >= 15 is 0 Å². The first-order valence-electron chi connectivity index (χ1n) is 3.75. The smallest absolute Gasteiger partial charge is 0.126 e. The molecule has 0 unspecified atom stereocenters. The third-order valence-electron chi connectivity index (χ3n) is 1.59. The highest BCUT2D eigenvalue weighted by Gasteiger charge is 1.95. The highest BCUT2D eigenvalue weighted by molar-refractivity contribution is 5.50. The van der Waals surface area contributed by atoms with E-state index in [1.54, 1.807) is 25.1 Å². The Kier molecular flexibility index (Phi) is 3.00. The molecule has 0 aliphatic rings. The van der Waals surface area contributed by atoms with Crippen molar-refractivity contribution in [3.8, 4) is 0 Å². The highest BCUT2D eigenvalue weighted by Crippen LogP contribution is 2.10. The molecule has 1 rings (SSSR count). The van der Waals surface area contributed by atoms with Crippen molar-refractivity contribution in [3.05, 3.63) is 41.2 Å². The fraction of sp³-hybridized carbons (Fsp3) is 0.200. The Morgan fingerprint density at radius 3 is 2.83 bits per heavy atom. The summed E-state index contributed by atoms with van der Waals surface area (Å²) in [5.41, 5.74) is 1.47. The van der Waals surface area contributed by atoms with Gasteiger partial charge in [0.15, 0.2) is 0 Å². The summed E-state index contributed by atoms with van der Waals surface area (Å²) in [7, 11) is 0. The summed E-state index contributed by atoms with van der Waals surface area (Å²) in [4.78, 5) is 0. The Morgan fingerprint density at radius 1 is 1.50 bits per heavy atom. The maximum atomic E-state index is 12.7. The van der Waals surface area contributed by atoms with Crippen LogP contribution in [0.5, 0.6) is 0 Å². The molecule has 0 saturated carbocycles. The van der Waals surface area contributed by atoms with Gasteiger partial charge in [-0.05, 0) is 30.2 Å². The van der Waals surface area contributed by atoms with Crippen LogP contribution < -0.4 is 0 Å². The van der Waals surface area contributed by atoms with Gasteiger partial charge in [-0.1, -0.05) is 18.2 Å². The van der Waals surface area contributed by atoms with E-state index in [9.17, 15) is 9.50 Å². The summed E-state index contributed by atoms with van der Waals surface area (Å²) in [5, 5.41) is 10.1. The van der Waals surface area contributed by atoms with Gasteiger partial charge in [0.2, 0.25) is 0 Å². The molecule has 0 aromatic heterocycles. The second-order valence-corrected chi connectivity index (χ2v) is 2.58. The van der Waals surface area contributed by atoms with Crippen LogP contribution in [-0.2, 0) is 5.11 Å². The van der Waals surface area contributed by atoms with Crippen LogP contribution in [0.25, 0.3) is 6.08 Å². The topological polar surface area (TPSA) is 19.9 Å². The number of aryl methyl sites for hydroxylation is 1. The van der Waals surface area contributed by atoms with Crippen LogP contribution in [0.1, 0.15) is 11.1 Å². The lowest BCUT2D eigenvalue weighted by atomic mass is 10.1. The summed E-state index contributed by atoms with van der Waals surface area (Å²) in [6, 6.07) is 4.76. The molecule has 1 aromatic carbocycles. The van der Waals surface area contributed by atoms with Gasteiger partial charge in [-0.15, -0.1) is 0 Å². The molecule has 1 aromatic rings. The van der Waals surface area contributed by atoms with Gasteiger partial charge in [-0.25, -0.2) is 9.50 Å². The molecule has 12 heavy (non-hydrogen) atoms. The molecule has 0 bridgehead atoms. The standard InChI is InChI=1S/C10H10FO/c1-8-7-9(3-2-6-12)4-5-10(8)11/h2-5,7H,6H2,1H3. The second kappa shape index (κ2) is 4.02. The van der Waals surface area contributed by atoms with E-state index in [0.717, 1.165) is 5.56 Å². The molecule has 0 spiro atoms. The van der Waals surface area contributed by atoms with Crippen LogP contribution in [0.2, 0.25) is 0 Å². The lowest BCUT2D eigenvalue weighted by Crippen LogP contribution is -1.82. The Balaban J connectivity index is 2.89. The van der Waals surface area contributed by atoms with Crippen molar-refractivity contribution < 1.29 is 9.50 Å². The van der Waals surface area contributed by atoms with E-state index in [2.05, 4.69) is 0 Å². The van der Waals surface area contributed by atoms with Gasteiger partial charge in [0, 0.05) is 0 Å². The zero-order valence-electron chi connectivity index (χ0n) is 6.88. The van der Waals surface area contributed by atoms with Gasteiger partial charge in [-0.3, -0.25) is 0 Å². The molecule has 2 heteroatoms. The molecular formula is C10H10FO. The predicted molar refractivity (Wildman–Crippen MR) is 45.7 cm³/mol. The van der Waals surface area contributed by atoms with Crippen molar-refractivity contribution in [2.24, 2.45) is 0 Å². The van der Waals surface area contributed by atoms with Crippen molar-refractivity contribution in [2.75, 3.05) is 6.61 Å². The zero-order valence-corrected chi connectivity index (χ0v) is 6.88. The average Bonchev–Trinajstić information content (AvgIpc) is 2.07. The van der Waals surface area contributed by atoms with Gasteiger partial charge < -0.3 is 0 Å². The molecule has 0 saturated heterocycles. The van der Waals surface area contributed by atoms with Crippen LogP contribution >= 0.6 is 0 Å². The molecule has 0 heterocycles. The fourth-order valence-corrected chi connectivity index (χ4v) is 0.956. The van der Waals surface area contributed by atoms with E-state index in [1.807, 2.05) is 0 Å². The monoisotopic (exact) mass is 165 g/mol. The molecule has 0 fully saturated rings. The van der Waals surface area contributed by atoms with Crippen LogP contribution in [0.15, 0.2) is 24.3 Å². The lowest BCUT2D eigenvalue weighted by Gasteiger charge is -1.97. The maximum Gasteiger partial charge on any atom is 0.126 e. The molecule has 63 valence electrons. The number of benzene rings is 1. The van der Waals surface area contributed by atoms with Crippen LogP contribution in [0.4, 0.5) is 4.39 Å². The van der Waals surface area contributed by atoms with Gasteiger partial charge in [0.1, 0.15) is 12.4 Å². The number of halogens is 1. The van der Waals surface area contributed by atoms with Crippen molar-refractivity contribution in [1.82, 2.24) is 0 Å². The number of hydrogen-bond donors (Lipinski definition) is 0. The Hall–Kier alpha value is -1.15. The first-order valence-corrected chi connectivity index (χ1v) is 3.75. The zero-order chi connectivity index (χ0) is 8.97. The van der Waals surface area contributed by atoms with Gasteiger partial charge in [-0.2, -0.15) is 0 Å². The summed E-state index contributed by atoms with van der Waals surface area (Å²) in [6.45, 7) is 1.46.